The molecule has 0 saturated carbocycles. The summed E-state index contributed by atoms with van der Waals surface area (Å²) in [6.45, 7) is 3.72. The van der Waals surface area contributed by atoms with Crippen molar-refractivity contribution in [3.63, 3.8) is 0 Å². The van der Waals surface area contributed by atoms with Gasteiger partial charge in [0.25, 0.3) is 0 Å². The maximum absolute atomic E-state index is 13.0. The van der Waals surface area contributed by atoms with Gasteiger partial charge < -0.3 is 14.4 Å². The van der Waals surface area contributed by atoms with Gasteiger partial charge in [-0.2, -0.15) is 5.10 Å². The fourth-order valence-electron chi connectivity index (χ4n) is 3.82. The van der Waals surface area contributed by atoms with Crippen LogP contribution in [0.3, 0.4) is 0 Å². The van der Waals surface area contributed by atoms with Crippen LogP contribution in [-0.4, -0.2) is 70.9 Å². The lowest BCUT2D eigenvalue weighted by Crippen LogP contribution is -2.55. The molecule has 1 aromatic heterocycles. The maximum atomic E-state index is 13.0. The molecule has 2 fully saturated rings. The number of piperidine rings is 1. The van der Waals surface area contributed by atoms with E-state index < -0.39 is 0 Å². The minimum atomic E-state index is -0.295. The van der Waals surface area contributed by atoms with Crippen molar-refractivity contribution in [1.82, 2.24) is 20.0 Å². The quantitative estimate of drug-likeness (QED) is 0.818. The number of likely N-dealkylation sites (tertiary alicyclic amines) is 1. The van der Waals surface area contributed by atoms with Crippen LogP contribution in [0.5, 0.6) is 5.75 Å². The molecule has 8 heteroatoms. The highest BCUT2D eigenvalue weighted by molar-refractivity contribution is 5.78. The number of halogens is 1. The number of nitrogens with zero attached hydrogens (tertiary/aromatic N) is 3. The Kier molecular flexibility index (Phi) is 5.87. The zero-order chi connectivity index (χ0) is 19.3. The molecule has 0 radical (unpaired) electrons. The highest BCUT2D eigenvalue weighted by Crippen LogP contribution is 2.22. The molecule has 0 unspecified atom stereocenters. The molecule has 150 valence electrons. The summed E-state index contributed by atoms with van der Waals surface area (Å²) in [7, 11) is 0. The van der Waals surface area contributed by atoms with Gasteiger partial charge in [-0.05, 0) is 43.2 Å². The first-order valence-electron chi connectivity index (χ1n) is 9.67. The molecule has 7 nitrogen and oxygen atoms in total. The van der Waals surface area contributed by atoms with E-state index in [1.807, 2.05) is 11.0 Å². The first-order chi connectivity index (χ1) is 13.7. The number of aromatic amines is 1. The van der Waals surface area contributed by atoms with Crippen LogP contribution in [0.25, 0.3) is 0 Å². The molecule has 4 rings (SSSR count). The van der Waals surface area contributed by atoms with Crippen LogP contribution in [0, 0.1) is 5.82 Å². The molecule has 0 aliphatic carbocycles. The summed E-state index contributed by atoms with van der Waals surface area (Å²) in [5.41, 5.74) is 1.11. The van der Waals surface area contributed by atoms with Gasteiger partial charge in [-0.25, -0.2) is 4.39 Å². The molecular weight excluding hydrogens is 363 g/mol. The molecule has 28 heavy (non-hydrogen) atoms. The van der Waals surface area contributed by atoms with E-state index in [1.165, 1.54) is 12.1 Å². The predicted molar refractivity (Wildman–Crippen MR) is 100 cm³/mol. The normalized spacial score (nSPS) is 21.8. The molecule has 1 amide bonds. The SMILES string of the molecule is O=C1CO[C@@H](COc2ccc(F)cc2)CN1C1CCN(Cc2ccn[nH]2)CC1. The Bertz CT molecular complexity index is 760. The fourth-order valence-corrected chi connectivity index (χ4v) is 3.82. The van der Waals surface area contributed by atoms with E-state index >= 15 is 0 Å². The maximum Gasteiger partial charge on any atom is 0.248 e. The van der Waals surface area contributed by atoms with Gasteiger partial charge in [-0.1, -0.05) is 0 Å². The number of ether oxygens (including phenoxy) is 2. The second-order valence-electron chi connectivity index (χ2n) is 7.33. The number of nitrogens with one attached hydrogen (secondary N) is 1. The van der Waals surface area contributed by atoms with Crippen molar-refractivity contribution < 1.29 is 18.7 Å². The monoisotopic (exact) mass is 388 g/mol. The predicted octanol–water partition coefficient (Wildman–Crippen LogP) is 1.82. The van der Waals surface area contributed by atoms with Crippen molar-refractivity contribution >= 4 is 5.91 Å². The number of hydrogen-bond donors (Lipinski definition) is 1. The van der Waals surface area contributed by atoms with Gasteiger partial charge in [0.15, 0.2) is 0 Å². The average Bonchev–Trinajstić information content (AvgIpc) is 3.22. The van der Waals surface area contributed by atoms with E-state index in [0.717, 1.165) is 38.2 Å². The summed E-state index contributed by atoms with van der Waals surface area (Å²) in [4.78, 5) is 16.7. The number of H-pyrrole nitrogens is 1. The summed E-state index contributed by atoms with van der Waals surface area (Å²) >= 11 is 0. The summed E-state index contributed by atoms with van der Waals surface area (Å²) in [6.07, 6.45) is 3.49. The molecule has 2 aromatic rings. The van der Waals surface area contributed by atoms with Gasteiger partial charge in [0, 0.05) is 37.6 Å². The van der Waals surface area contributed by atoms with E-state index in [1.54, 1.807) is 18.3 Å². The number of carbonyl (C=O) groups excluding carboxylic acids is 1. The Hall–Kier alpha value is -2.45. The summed E-state index contributed by atoms with van der Waals surface area (Å²) in [6, 6.07) is 8.15. The zero-order valence-electron chi connectivity index (χ0n) is 15.7. The van der Waals surface area contributed by atoms with E-state index in [4.69, 9.17) is 9.47 Å². The highest BCUT2D eigenvalue weighted by atomic mass is 19.1. The molecule has 1 atom stereocenters. The summed E-state index contributed by atoms with van der Waals surface area (Å²) < 4.78 is 24.3. The molecule has 3 heterocycles. The van der Waals surface area contributed by atoms with Gasteiger partial charge in [0.2, 0.25) is 5.91 Å². The minimum absolute atomic E-state index is 0.0463. The third-order valence-electron chi connectivity index (χ3n) is 5.36. The van der Waals surface area contributed by atoms with E-state index in [9.17, 15) is 9.18 Å². The fraction of sp³-hybridized carbons (Fsp3) is 0.500. The van der Waals surface area contributed by atoms with E-state index in [0.29, 0.717) is 18.9 Å². The Balaban J connectivity index is 1.26. The molecule has 2 aliphatic heterocycles. The van der Waals surface area contributed by atoms with Gasteiger partial charge in [-0.15, -0.1) is 0 Å². The van der Waals surface area contributed by atoms with Crippen molar-refractivity contribution in [3.05, 3.63) is 48.0 Å². The molecular formula is C20H25FN4O3. The van der Waals surface area contributed by atoms with Gasteiger partial charge in [0.05, 0.1) is 6.54 Å². The molecule has 2 saturated heterocycles. The first-order valence-corrected chi connectivity index (χ1v) is 9.67. The molecule has 1 aromatic carbocycles. The smallest absolute Gasteiger partial charge is 0.248 e. The Morgan fingerprint density at radius 3 is 2.71 bits per heavy atom. The van der Waals surface area contributed by atoms with Crippen molar-refractivity contribution in [1.29, 1.82) is 0 Å². The standard InChI is InChI=1S/C20H25FN4O3/c21-15-1-3-18(4-2-15)27-13-19-12-25(20(26)14-28-19)17-6-9-24(10-7-17)11-16-5-8-22-23-16/h1-5,8,17,19H,6-7,9-14H2,(H,22,23)/t19-/m1/s1. The van der Waals surface area contributed by atoms with Crippen molar-refractivity contribution in [2.24, 2.45) is 0 Å². The largest absolute Gasteiger partial charge is 0.491 e. The number of rotatable bonds is 6. The zero-order valence-corrected chi connectivity index (χ0v) is 15.7. The van der Waals surface area contributed by atoms with Crippen molar-refractivity contribution in [2.75, 3.05) is 32.8 Å². The van der Waals surface area contributed by atoms with E-state index in [2.05, 4.69) is 15.1 Å². The second-order valence-corrected chi connectivity index (χ2v) is 7.33. The number of amides is 1. The van der Waals surface area contributed by atoms with Crippen LogP contribution in [0.4, 0.5) is 4.39 Å². The Morgan fingerprint density at radius 2 is 2.00 bits per heavy atom. The lowest BCUT2D eigenvalue weighted by Gasteiger charge is -2.42. The van der Waals surface area contributed by atoms with Crippen LogP contribution in [0.1, 0.15) is 18.5 Å². The van der Waals surface area contributed by atoms with Gasteiger partial charge >= 0.3 is 0 Å². The second kappa shape index (κ2) is 8.70. The molecule has 0 bridgehead atoms. The summed E-state index contributed by atoms with van der Waals surface area (Å²) in [5.74, 6) is 0.350. The summed E-state index contributed by atoms with van der Waals surface area (Å²) in [5, 5.41) is 6.98. The third-order valence-corrected chi connectivity index (χ3v) is 5.36. The Labute approximate surface area is 163 Å². The Morgan fingerprint density at radius 1 is 1.21 bits per heavy atom. The van der Waals surface area contributed by atoms with Crippen molar-refractivity contribution in [2.45, 2.75) is 31.5 Å². The topological polar surface area (TPSA) is 70.7 Å². The average molecular weight is 388 g/mol. The number of morpholine rings is 1. The lowest BCUT2D eigenvalue weighted by molar-refractivity contribution is -0.155. The number of hydrogen-bond acceptors (Lipinski definition) is 5. The van der Waals surface area contributed by atoms with E-state index in [-0.39, 0.29) is 30.5 Å². The third kappa shape index (κ3) is 4.69. The first kappa shape index (κ1) is 18.9. The van der Waals surface area contributed by atoms with Crippen LogP contribution >= 0.6 is 0 Å². The number of benzene rings is 1. The van der Waals surface area contributed by atoms with Gasteiger partial charge in [-0.3, -0.25) is 14.8 Å². The van der Waals surface area contributed by atoms with Crippen LogP contribution in [0.2, 0.25) is 0 Å². The lowest BCUT2D eigenvalue weighted by atomic mass is 10.0. The van der Waals surface area contributed by atoms with Gasteiger partial charge in [0.1, 0.15) is 30.9 Å². The molecule has 2 aliphatic rings. The van der Waals surface area contributed by atoms with Crippen LogP contribution < -0.4 is 4.74 Å². The van der Waals surface area contributed by atoms with Crippen molar-refractivity contribution in [3.8, 4) is 5.75 Å². The molecule has 0 spiro atoms. The highest BCUT2D eigenvalue weighted by Gasteiger charge is 2.33. The number of carbonyl (C=O) groups is 1. The number of aromatic nitrogens is 2. The van der Waals surface area contributed by atoms with Crippen LogP contribution in [0.15, 0.2) is 36.5 Å². The minimum Gasteiger partial charge on any atom is -0.491 e. The molecule has 1 N–H and O–H groups in total. The van der Waals surface area contributed by atoms with Crippen LogP contribution in [-0.2, 0) is 16.1 Å².